The summed E-state index contributed by atoms with van der Waals surface area (Å²) in [4.78, 5) is 3.15. The van der Waals surface area contributed by atoms with E-state index in [1.54, 1.807) is 10.4 Å². The predicted octanol–water partition coefficient (Wildman–Crippen LogP) is 8.15. The van der Waals surface area contributed by atoms with Crippen molar-refractivity contribution in [2.24, 2.45) is 0 Å². The highest BCUT2D eigenvalue weighted by molar-refractivity contribution is 7.96. The van der Waals surface area contributed by atoms with Gasteiger partial charge < -0.3 is 0 Å². The molecule has 1 heterocycles. The van der Waals surface area contributed by atoms with E-state index in [0.717, 1.165) is 0 Å². The first-order valence-corrected chi connectivity index (χ1v) is 15.1. The van der Waals surface area contributed by atoms with Crippen molar-refractivity contribution in [2.45, 2.75) is 63.9 Å². The second-order valence-electron chi connectivity index (χ2n) is 11.1. The maximum absolute atomic E-state index is 2.59. The zero-order chi connectivity index (χ0) is 24.0. The molecule has 1 aliphatic carbocycles. The molecule has 34 heavy (non-hydrogen) atoms. The molecule has 0 nitrogen and oxygen atoms in total. The van der Waals surface area contributed by atoms with Crippen LogP contribution in [0.4, 0.5) is 0 Å². The molecule has 0 saturated carbocycles. The van der Waals surface area contributed by atoms with Gasteiger partial charge in [-0.3, -0.25) is 0 Å². The first-order chi connectivity index (χ1) is 16.3. The molecule has 0 radical (unpaired) electrons. The molecule has 0 amide bonds. The molecule has 0 fully saturated rings. The van der Waals surface area contributed by atoms with E-state index in [1.807, 2.05) is 0 Å². The van der Waals surface area contributed by atoms with Crippen LogP contribution >= 0.6 is 18.6 Å². The topological polar surface area (TPSA) is 0 Å². The summed E-state index contributed by atoms with van der Waals surface area (Å²) in [6, 6.07) is 36.5. The van der Waals surface area contributed by atoms with Gasteiger partial charge in [0, 0.05) is 9.75 Å². The third-order valence-corrected chi connectivity index (χ3v) is 14.6. The summed E-state index contributed by atoms with van der Waals surface area (Å²) in [7, 11) is -1.95. The minimum Gasteiger partial charge on any atom is -0.140 e. The Hall–Kier alpha value is -2.21. The fourth-order valence-corrected chi connectivity index (χ4v) is 12.5. The molecular weight excluding hydrogens is 447 g/mol. The Labute approximate surface area is 210 Å². The zero-order valence-electron chi connectivity index (χ0n) is 21.1. The second-order valence-corrected chi connectivity index (χ2v) is 15.9. The number of benzene rings is 3. The largest absolute Gasteiger partial charge is 0.140 e. The number of hydrogen-bond acceptors (Lipinski definition) is 1. The van der Waals surface area contributed by atoms with Gasteiger partial charge in [-0.05, 0) is 78.6 Å². The van der Waals surface area contributed by atoms with Crippen LogP contribution in [-0.4, -0.2) is 0 Å². The van der Waals surface area contributed by atoms with Gasteiger partial charge in [-0.15, -0.1) is 11.3 Å². The fourth-order valence-electron chi connectivity index (χ4n) is 5.79. The monoisotopic (exact) mass is 483 g/mol. The van der Waals surface area contributed by atoms with E-state index >= 15 is 0 Å². The van der Waals surface area contributed by atoms with E-state index in [1.165, 1.54) is 33.6 Å². The summed E-state index contributed by atoms with van der Waals surface area (Å²) in [5.74, 6) is 0. The second kappa shape index (κ2) is 8.78. The molecule has 1 unspecified atom stereocenters. The summed E-state index contributed by atoms with van der Waals surface area (Å²) < 4.78 is 0. The number of rotatable bonds is 5. The lowest BCUT2D eigenvalue weighted by atomic mass is 9.67. The maximum atomic E-state index is 2.59. The molecule has 1 atom stereocenters. The SMILES string of the molecule is CC(c1cc2c(s1)C(C)(C)CCC2(C)C)[P+](c1ccccc1)(c1ccccc1)c1ccccc1. The van der Waals surface area contributed by atoms with Crippen LogP contribution < -0.4 is 15.9 Å². The van der Waals surface area contributed by atoms with Gasteiger partial charge in [0.1, 0.15) is 28.8 Å². The highest BCUT2D eigenvalue weighted by atomic mass is 32.1. The number of hydrogen-bond donors (Lipinski definition) is 0. The molecule has 4 aromatic rings. The first kappa shape index (κ1) is 23.5. The Morgan fingerprint density at radius 2 is 1.06 bits per heavy atom. The first-order valence-electron chi connectivity index (χ1n) is 12.5. The lowest BCUT2D eigenvalue weighted by molar-refractivity contribution is 0.339. The summed E-state index contributed by atoms with van der Waals surface area (Å²) in [5, 5.41) is 4.39. The van der Waals surface area contributed by atoms with Gasteiger partial charge in [-0.25, -0.2) is 0 Å². The van der Waals surface area contributed by atoms with Crippen LogP contribution in [0.2, 0.25) is 0 Å². The molecule has 0 bridgehead atoms. The van der Waals surface area contributed by atoms with Crippen LogP contribution in [0, 0.1) is 0 Å². The summed E-state index contributed by atoms with van der Waals surface area (Å²) in [5.41, 5.74) is 2.47. The van der Waals surface area contributed by atoms with Crippen LogP contribution in [0.5, 0.6) is 0 Å². The summed E-state index contributed by atoms with van der Waals surface area (Å²) in [6.07, 6.45) is 2.52. The van der Waals surface area contributed by atoms with Crippen molar-refractivity contribution in [3.8, 4) is 0 Å². The van der Waals surface area contributed by atoms with Crippen molar-refractivity contribution < 1.29 is 0 Å². The van der Waals surface area contributed by atoms with Crippen LogP contribution in [0.15, 0.2) is 97.1 Å². The van der Waals surface area contributed by atoms with E-state index in [2.05, 4.69) is 143 Å². The standard InChI is InChI=1S/C32H36PS/c1-24(29-23-28-30(34-29)32(4,5)22-21-31(28,2)3)33(25-15-9-6-10-16-25,26-17-11-7-12-18-26)27-19-13-8-14-20-27/h6-20,23-24H,21-22H2,1-5H3/q+1. The van der Waals surface area contributed by atoms with E-state index < -0.39 is 7.26 Å². The van der Waals surface area contributed by atoms with Gasteiger partial charge in [0.2, 0.25) is 0 Å². The maximum Gasteiger partial charge on any atom is 0.120 e. The number of fused-ring (bicyclic) bond motifs is 1. The highest BCUT2D eigenvalue weighted by Gasteiger charge is 2.52. The van der Waals surface area contributed by atoms with Crippen LogP contribution in [0.3, 0.4) is 0 Å². The highest BCUT2D eigenvalue weighted by Crippen LogP contribution is 2.68. The fraction of sp³-hybridized carbons (Fsp3) is 0.312. The Bertz CT molecular complexity index is 1120. The van der Waals surface area contributed by atoms with E-state index in [0.29, 0.717) is 5.66 Å². The van der Waals surface area contributed by atoms with Crippen molar-refractivity contribution in [3.63, 3.8) is 0 Å². The molecule has 0 N–H and O–H groups in total. The molecule has 3 aromatic carbocycles. The van der Waals surface area contributed by atoms with Gasteiger partial charge >= 0.3 is 0 Å². The molecule has 174 valence electrons. The van der Waals surface area contributed by atoms with E-state index in [9.17, 15) is 0 Å². The van der Waals surface area contributed by atoms with Crippen LogP contribution in [0.25, 0.3) is 0 Å². The van der Waals surface area contributed by atoms with Crippen molar-refractivity contribution >= 4 is 34.5 Å². The lowest BCUT2D eigenvalue weighted by Crippen LogP contribution is -2.34. The molecule has 5 rings (SSSR count). The van der Waals surface area contributed by atoms with Crippen molar-refractivity contribution in [1.29, 1.82) is 0 Å². The average Bonchev–Trinajstić information content (AvgIpc) is 3.33. The number of thiophene rings is 1. The van der Waals surface area contributed by atoms with Gasteiger partial charge in [0.25, 0.3) is 0 Å². The molecule has 0 aliphatic heterocycles. The molecule has 2 heteroatoms. The van der Waals surface area contributed by atoms with Gasteiger partial charge in [-0.1, -0.05) is 82.3 Å². The minimum absolute atomic E-state index is 0.243. The quantitative estimate of drug-likeness (QED) is 0.251. The Morgan fingerprint density at radius 3 is 1.47 bits per heavy atom. The van der Waals surface area contributed by atoms with E-state index in [-0.39, 0.29) is 10.8 Å². The average molecular weight is 484 g/mol. The Kier molecular flexibility index (Phi) is 6.07. The summed E-state index contributed by atoms with van der Waals surface area (Å²) in [6.45, 7) is 12.3. The van der Waals surface area contributed by atoms with Crippen LogP contribution in [-0.2, 0) is 10.8 Å². The van der Waals surface area contributed by atoms with Crippen molar-refractivity contribution in [3.05, 3.63) is 112 Å². The molecule has 0 saturated heterocycles. The Balaban J connectivity index is 1.80. The van der Waals surface area contributed by atoms with Gasteiger partial charge in [0.15, 0.2) is 0 Å². The molecular formula is C32H36PS+. The molecule has 0 spiro atoms. The normalized spacial score (nSPS) is 17.7. The van der Waals surface area contributed by atoms with Gasteiger partial charge in [0.05, 0.1) is 0 Å². The molecule has 1 aromatic heterocycles. The minimum atomic E-state index is -1.95. The van der Waals surface area contributed by atoms with Crippen molar-refractivity contribution in [2.75, 3.05) is 0 Å². The lowest BCUT2D eigenvalue weighted by Gasteiger charge is -2.39. The molecule has 1 aliphatic rings. The van der Waals surface area contributed by atoms with E-state index in [4.69, 9.17) is 0 Å². The zero-order valence-corrected chi connectivity index (χ0v) is 22.8. The van der Waals surface area contributed by atoms with Gasteiger partial charge in [-0.2, -0.15) is 0 Å². The third kappa shape index (κ3) is 3.78. The van der Waals surface area contributed by atoms with Crippen LogP contribution in [0.1, 0.15) is 68.4 Å². The van der Waals surface area contributed by atoms with Crippen molar-refractivity contribution in [1.82, 2.24) is 0 Å². The summed E-state index contributed by atoms with van der Waals surface area (Å²) >= 11 is 2.09. The smallest absolute Gasteiger partial charge is 0.120 e. The third-order valence-electron chi connectivity index (χ3n) is 7.95. The predicted molar refractivity (Wildman–Crippen MR) is 153 cm³/mol. The Morgan fingerprint density at radius 1 is 0.647 bits per heavy atom.